The molecule has 0 radical (unpaired) electrons. The molecule has 2 aliphatic rings. The number of fused-ring (bicyclic) bond motifs is 1. The van der Waals surface area contributed by atoms with Gasteiger partial charge in [0.2, 0.25) is 0 Å². The maximum absolute atomic E-state index is 13.4. The molecule has 2 unspecified atom stereocenters. The van der Waals surface area contributed by atoms with E-state index in [1.54, 1.807) is 24.3 Å². The molecule has 2 saturated carbocycles. The first-order chi connectivity index (χ1) is 11.8. The molecular formula is C19H18Cl2O2S2. The van der Waals surface area contributed by atoms with E-state index < -0.39 is 13.9 Å². The van der Waals surface area contributed by atoms with Gasteiger partial charge >= 0.3 is 0 Å². The van der Waals surface area contributed by atoms with Crippen molar-refractivity contribution in [2.75, 3.05) is 6.26 Å². The molecule has 2 aromatic rings. The zero-order chi connectivity index (χ0) is 17.9. The number of halogens is 2. The monoisotopic (exact) mass is 412 g/mol. The van der Waals surface area contributed by atoms with Crippen molar-refractivity contribution in [3.63, 3.8) is 0 Å². The highest BCUT2D eigenvalue weighted by molar-refractivity contribution is 8.14. The van der Waals surface area contributed by atoms with E-state index in [-0.39, 0.29) is 5.41 Å². The van der Waals surface area contributed by atoms with E-state index in [1.807, 2.05) is 30.5 Å². The number of sulfone groups is 1. The predicted octanol–water partition coefficient (Wildman–Crippen LogP) is 5.58. The number of thioether (sulfide) groups is 1. The van der Waals surface area contributed by atoms with Crippen LogP contribution in [-0.4, -0.2) is 18.8 Å². The van der Waals surface area contributed by atoms with Gasteiger partial charge in [0, 0.05) is 5.41 Å². The van der Waals surface area contributed by atoms with Crippen molar-refractivity contribution in [2.24, 2.45) is 5.92 Å². The standard InChI is InChI=1S/C19H18Cl2O2S2/c1-24-19(25(22,23)15-5-3-2-4-6-15)11-14-10-18(14,12-19)13-7-8-16(20)17(21)9-13/h2-9,14H,10-12H2,1H3/t14?,18-,19?/m0/s1. The summed E-state index contributed by atoms with van der Waals surface area (Å²) in [6.07, 6.45) is 4.25. The Morgan fingerprint density at radius 2 is 1.76 bits per heavy atom. The van der Waals surface area contributed by atoms with Gasteiger partial charge in [-0.25, -0.2) is 8.42 Å². The van der Waals surface area contributed by atoms with Crippen molar-refractivity contribution in [2.45, 2.75) is 33.7 Å². The molecule has 0 amide bonds. The average molecular weight is 413 g/mol. The highest BCUT2D eigenvalue weighted by Crippen LogP contribution is 2.71. The van der Waals surface area contributed by atoms with Crippen molar-refractivity contribution in [1.29, 1.82) is 0 Å². The molecule has 0 N–H and O–H groups in total. The molecule has 4 rings (SSSR count). The Labute approximate surface area is 162 Å². The van der Waals surface area contributed by atoms with Gasteiger partial charge in [-0.3, -0.25) is 0 Å². The number of hydrogen-bond acceptors (Lipinski definition) is 3. The third kappa shape index (κ3) is 2.56. The topological polar surface area (TPSA) is 34.1 Å². The third-order valence-corrected chi connectivity index (χ3v) is 10.9. The molecule has 2 aromatic carbocycles. The first kappa shape index (κ1) is 17.7. The molecule has 2 fully saturated rings. The van der Waals surface area contributed by atoms with E-state index in [4.69, 9.17) is 23.2 Å². The van der Waals surface area contributed by atoms with Crippen molar-refractivity contribution in [1.82, 2.24) is 0 Å². The lowest BCUT2D eigenvalue weighted by molar-refractivity contribution is 0.549. The second kappa shape index (κ2) is 5.91. The van der Waals surface area contributed by atoms with Crippen LogP contribution < -0.4 is 0 Å². The number of rotatable bonds is 4. The van der Waals surface area contributed by atoms with Crippen LogP contribution in [0.15, 0.2) is 53.4 Å². The molecule has 132 valence electrons. The molecule has 0 aliphatic heterocycles. The minimum atomic E-state index is -3.41. The van der Waals surface area contributed by atoms with Gasteiger partial charge in [-0.15, -0.1) is 11.8 Å². The Morgan fingerprint density at radius 3 is 2.40 bits per heavy atom. The van der Waals surface area contributed by atoms with Gasteiger partial charge in [-0.05, 0) is 61.3 Å². The molecule has 0 saturated heterocycles. The summed E-state index contributed by atoms with van der Waals surface area (Å²) in [5, 5.41) is 1.07. The Hall–Kier alpha value is -0.680. The zero-order valence-corrected chi connectivity index (χ0v) is 16.9. The van der Waals surface area contributed by atoms with Gasteiger partial charge < -0.3 is 0 Å². The summed E-state index contributed by atoms with van der Waals surface area (Å²) in [6, 6.07) is 14.5. The lowest BCUT2D eigenvalue weighted by atomic mass is 9.93. The molecule has 2 aliphatic carbocycles. The van der Waals surface area contributed by atoms with Crippen LogP contribution in [0.2, 0.25) is 10.0 Å². The fourth-order valence-corrected chi connectivity index (χ4v) is 8.39. The molecule has 0 spiro atoms. The zero-order valence-electron chi connectivity index (χ0n) is 13.7. The van der Waals surface area contributed by atoms with Gasteiger partial charge in [0.1, 0.15) is 4.08 Å². The summed E-state index contributed by atoms with van der Waals surface area (Å²) < 4.78 is 26.0. The fraction of sp³-hybridized carbons (Fsp3) is 0.368. The van der Waals surface area contributed by atoms with Gasteiger partial charge in [0.15, 0.2) is 9.84 Å². The van der Waals surface area contributed by atoms with Crippen LogP contribution in [0.25, 0.3) is 0 Å². The molecule has 6 heteroatoms. The smallest absolute Gasteiger partial charge is 0.193 e. The van der Waals surface area contributed by atoms with Gasteiger partial charge in [0.25, 0.3) is 0 Å². The number of hydrogen-bond donors (Lipinski definition) is 0. The summed E-state index contributed by atoms with van der Waals surface area (Å²) in [7, 11) is -3.41. The van der Waals surface area contributed by atoms with E-state index in [0.717, 1.165) is 12.0 Å². The van der Waals surface area contributed by atoms with Gasteiger partial charge in [-0.2, -0.15) is 0 Å². The molecule has 0 bridgehead atoms. The predicted molar refractivity (Wildman–Crippen MR) is 105 cm³/mol. The molecule has 25 heavy (non-hydrogen) atoms. The summed E-state index contributed by atoms with van der Waals surface area (Å²) in [5.74, 6) is 0.385. The minimum absolute atomic E-state index is 0.0842. The summed E-state index contributed by atoms with van der Waals surface area (Å²) >= 11 is 13.7. The molecular weight excluding hydrogens is 395 g/mol. The third-order valence-electron chi connectivity index (χ3n) is 5.78. The lowest BCUT2D eigenvalue weighted by Gasteiger charge is -2.30. The maximum atomic E-state index is 13.4. The first-order valence-corrected chi connectivity index (χ1v) is 11.6. The van der Waals surface area contributed by atoms with E-state index >= 15 is 0 Å². The van der Waals surface area contributed by atoms with Crippen molar-refractivity contribution >= 4 is 44.8 Å². The van der Waals surface area contributed by atoms with Crippen LogP contribution in [0.3, 0.4) is 0 Å². The van der Waals surface area contributed by atoms with Crippen molar-refractivity contribution < 1.29 is 8.42 Å². The van der Waals surface area contributed by atoms with Crippen LogP contribution in [0.5, 0.6) is 0 Å². The van der Waals surface area contributed by atoms with E-state index in [9.17, 15) is 8.42 Å². The van der Waals surface area contributed by atoms with Crippen LogP contribution >= 0.6 is 35.0 Å². The van der Waals surface area contributed by atoms with Gasteiger partial charge in [-0.1, -0.05) is 47.5 Å². The van der Waals surface area contributed by atoms with Crippen molar-refractivity contribution in [3.05, 3.63) is 64.1 Å². The fourth-order valence-electron chi connectivity index (χ4n) is 4.34. The summed E-state index contributed by atoms with van der Waals surface area (Å²) in [5.41, 5.74) is 1.03. The molecule has 3 atom stereocenters. The van der Waals surface area contributed by atoms with E-state index in [0.29, 0.717) is 33.7 Å². The first-order valence-electron chi connectivity index (χ1n) is 8.15. The highest BCUT2D eigenvalue weighted by Gasteiger charge is 2.69. The SMILES string of the molecule is CSC1(S(=O)(=O)c2ccccc2)CC2C[C@@]2(c2ccc(Cl)c(Cl)c2)C1. The second-order valence-corrected chi connectivity index (χ2v) is 11.5. The van der Waals surface area contributed by atoms with E-state index in [2.05, 4.69) is 0 Å². The lowest BCUT2D eigenvalue weighted by Crippen LogP contribution is -2.35. The molecule has 0 heterocycles. The quantitative estimate of drug-likeness (QED) is 0.657. The Bertz CT molecular complexity index is 930. The largest absolute Gasteiger partial charge is 0.222 e. The summed E-state index contributed by atoms with van der Waals surface area (Å²) in [6.45, 7) is 0. The van der Waals surface area contributed by atoms with Gasteiger partial charge in [0.05, 0.1) is 14.9 Å². The van der Waals surface area contributed by atoms with Crippen molar-refractivity contribution in [3.8, 4) is 0 Å². The summed E-state index contributed by atoms with van der Waals surface area (Å²) in [4.78, 5) is 0.412. The van der Waals surface area contributed by atoms with Crippen LogP contribution in [0, 0.1) is 5.92 Å². The number of benzene rings is 2. The normalized spacial score (nSPS) is 30.9. The second-order valence-electron chi connectivity index (χ2n) is 7.00. The molecule has 0 aromatic heterocycles. The van der Waals surface area contributed by atoms with Crippen LogP contribution in [0.1, 0.15) is 24.8 Å². The maximum Gasteiger partial charge on any atom is 0.193 e. The molecule has 2 nitrogen and oxygen atoms in total. The van der Waals surface area contributed by atoms with Crippen LogP contribution in [-0.2, 0) is 15.3 Å². The van der Waals surface area contributed by atoms with Crippen LogP contribution in [0.4, 0.5) is 0 Å². The van der Waals surface area contributed by atoms with E-state index in [1.165, 1.54) is 11.8 Å². The Morgan fingerprint density at radius 1 is 1.04 bits per heavy atom. The Balaban J connectivity index is 1.74. The average Bonchev–Trinajstić information content (AvgIpc) is 3.20. The highest BCUT2D eigenvalue weighted by atomic mass is 35.5. The minimum Gasteiger partial charge on any atom is -0.222 e. The Kier molecular flexibility index (Phi) is 4.19.